The van der Waals surface area contributed by atoms with Gasteiger partial charge in [-0.25, -0.2) is 0 Å². The van der Waals surface area contributed by atoms with Crippen LogP contribution in [0.15, 0.2) is 0 Å². The maximum absolute atomic E-state index is 8.95. The van der Waals surface area contributed by atoms with E-state index in [1.807, 2.05) is 0 Å². The van der Waals surface area contributed by atoms with Gasteiger partial charge in [-0.15, -0.1) is 0 Å². The number of likely N-dealkylation sites (N-methyl/N-ethyl adjacent to an activating group) is 1. The molecule has 0 radical (unpaired) electrons. The Hall–Kier alpha value is -0.590. The summed E-state index contributed by atoms with van der Waals surface area (Å²) in [6.07, 6.45) is 4.15. The van der Waals surface area contributed by atoms with E-state index in [1.54, 1.807) is 0 Å². The molecule has 3 unspecified atom stereocenters. The molecular formula is C11H19N3. The highest BCUT2D eigenvalue weighted by Crippen LogP contribution is 2.37. The first-order chi connectivity index (χ1) is 6.83. The van der Waals surface area contributed by atoms with Gasteiger partial charge in [-0.2, -0.15) is 5.26 Å². The van der Waals surface area contributed by atoms with Crippen LogP contribution in [-0.4, -0.2) is 36.6 Å². The molecule has 0 aromatic heterocycles. The van der Waals surface area contributed by atoms with Gasteiger partial charge in [0, 0.05) is 19.1 Å². The van der Waals surface area contributed by atoms with Crippen LogP contribution in [0.5, 0.6) is 0 Å². The molecule has 1 heterocycles. The van der Waals surface area contributed by atoms with E-state index < -0.39 is 0 Å². The monoisotopic (exact) mass is 193 g/mol. The molecule has 3 atom stereocenters. The van der Waals surface area contributed by atoms with Gasteiger partial charge >= 0.3 is 0 Å². The second-order valence-electron chi connectivity index (χ2n) is 4.53. The number of piperidine rings is 1. The number of hydrogen-bond acceptors (Lipinski definition) is 3. The summed E-state index contributed by atoms with van der Waals surface area (Å²) >= 11 is 0. The molecule has 78 valence electrons. The van der Waals surface area contributed by atoms with Crippen LogP contribution >= 0.6 is 0 Å². The molecule has 0 aromatic rings. The second kappa shape index (κ2) is 4.29. The first-order valence-electron chi connectivity index (χ1n) is 5.70. The summed E-state index contributed by atoms with van der Waals surface area (Å²) in [7, 11) is 0. The van der Waals surface area contributed by atoms with Crippen LogP contribution in [-0.2, 0) is 0 Å². The lowest BCUT2D eigenvalue weighted by Crippen LogP contribution is -2.43. The van der Waals surface area contributed by atoms with Gasteiger partial charge in [0.1, 0.15) is 6.04 Å². The van der Waals surface area contributed by atoms with E-state index in [9.17, 15) is 0 Å². The Balaban J connectivity index is 1.82. The standard InChI is InChI=1S/C11H19N3/c1-2-13-10(6-12)8-14-7-9-3-4-11(14)5-9/h9-11,13H,2-5,7-8H2,1H3. The highest BCUT2D eigenvalue weighted by molar-refractivity contribution is 4.98. The zero-order chi connectivity index (χ0) is 9.97. The second-order valence-corrected chi connectivity index (χ2v) is 4.53. The van der Waals surface area contributed by atoms with Gasteiger partial charge in [0.25, 0.3) is 0 Å². The van der Waals surface area contributed by atoms with Crippen molar-refractivity contribution in [3.05, 3.63) is 0 Å². The van der Waals surface area contributed by atoms with E-state index in [0.29, 0.717) is 0 Å². The normalized spacial score (nSPS) is 33.1. The van der Waals surface area contributed by atoms with Crippen molar-refractivity contribution in [1.82, 2.24) is 10.2 Å². The summed E-state index contributed by atoms with van der Waals surface area (Å²) in [6.45, 7) is 5.10. The minimum atomic E-state index is 0.0272. The summed E-state index contributed by atoms with van der Waals surface area (Å²) in [5, 5.41) is 12.2. The Kier molecular flexibility index (Phi) is 3.05. The molecule has 2 rings (SSSR count). The third-order valence-electron chi connectivity index (χ3n) is 3.55. The number of rotatable bonds is 4. The molecule has 14 heavy (non-hydrogen) atoms. The van der Waals surface area contributed by atoms with E-state index in [-0.39, 0.29) is 6.04 Å². The van der Waals surface area contributed by atoms with Gasteiger partial charge in [-0.3, -0.25) is 4.90 Å². The van der Waals surface area contributed by atoms with Gasteiger partial charge in [0.15, 0.2) is 0 Å². The predicted molar refractivity (Wildman–Crippen MR) is 55.8 cm³/mol. The molecular weight excluding hydrogens is 174 g/mol. The Bertz CT molecular complexity index is 233. The quantitative estimate of drug-likeness (QED) is 0.723. The van der Waals surface area contributed by atoms with Crippen molar-refractivity contribution in [2.24, 2.45) is 5.92 Å². The summed E-state index contributed by atoms with van der Waals surface area (Å²) in [4.78, 5) is 2.50. The molecule has 1 saturated carbocycles. The number of fused-ring (bicyclic) bond motifs is 2. The number of likely N-dealkylation sites (tertiary alicyclic amines) is 1. The first kappa shape index (κ1) is 9.95. The van der Waals surface area contributed by atoms with Crippen LogP contribution in [0.1, 0.15) is 26.2 Å². The van der Waals surface area contributed by atoms with Gasteiger partial charge in [0.05, 0.1) is 6.07 Å². The zero-order valence-corrected chi connectivity index (χ0v) is 8.87. The van der Waals surface area contributed by atoms with Crippen LogP contribution in [0.2, 0.25) is 0 Å². The van der Waals surface area contributed by atoms with Gasteiger partial charge in [0.2, 0.25) is 0 Å². The van der Waals surface area contributed by atoms with E-state index in [1.165, 1.54) is 25.8 Å². The van der Waals surface area contributed by atoms with Crippen molar-refractivity contribution in [1.29, 1.82) is 5.26 Å². The summed E-state index contributed by atoms with van der Waals surface area (Å²) < 4.78 is 0. The van der Waals surface area contributed by atoms with Crippen LogP contribution in [0.25, 0.3) is 0 Å². The van der Waals surface area contributed by atoms with Crippen molar-refractivity contribution in [3.8, 4) is 6.07 Å². The maximum Gasteiger partial charge on any atom is 0.108 e. The van der Waals surface area contributed by atoms with Gasteiger partial charge in [-0.1, -0.05) is 6.92 Å². The highest BCUT2D eigenvalue weighted by Gasteiger charge is 2.38. The van der Waals surface area contributed by atoms with Crippen molar-refractivity contribution in [3.63, 3.8) is 0 Å². The van der Waals surface area contributed by atoms with Crippen molar-refractivity contribution in [2.45, 2.75) is 38.3 Å². The number of nitrogens with one attached hydrogen (secondary N) is 1. The summed E-state index contributed by atoms with van der Waals surface area (Å²) in [6, 6.07) is 3.15. The minimum Gasteiger partial charge on any atom is -0.301 e. The smallest absolute Gasteiger partial charge is 0.108 e. The Morgan fingerprint density at radius 1 is 1.57 bits per heavy atom. The third kappa shape index (κ3) is 1.92. The summed E-state index contributed by atoms with van der Waals surface area (Å²) in [5.74, 6) is 0.931. The number of nitriles is 1. The topological polar surface area (TPSA) is 39.1 Å². The fraction of sp³-hybridized carbons (Fsp3) is 0.909. The molecule has 1 N–H and O–H groups in total. The molecule has 1 saturated heterocycles. The van der Waals surface area contributed by atoms with E-state index in [4.69, 9.17) is 5.26 Å². The first-order valence-corrected chi connectivity index (χ1v) is 5.70. The summed E-state index contributed by atoms with van der Waals surface area (Å²) in [5.41, 5.74) is 0. The minimum absolute atomic E-state index is 0.0272. The maximum atomic E-state index is 8.95. The largest absolute Gasteiger partial charge is 0.301 e. The van der Waals surface area contributed by atoms with Crippen molar-refractivity contribution < 1.29 is 0 Å². The van der Waals surface area contributed by atoms with E-state index in [2.05, 4.69) is 23.2 Å². The molecule has 3 nitrogen and oxygen atoms in total. The highest BCUT2D eigenvalue weighted by atomic mass is 15.2. The van der Waals surface area contributed by atoms with Crippen LogP contribution in [0, 0.1) is 17.2 Å². The number of nitrogens with zero attached hydrogens (tertiary/aromatic N) is 2. The van der Waals surface area contributed by atoms with Crippen LogP contribution < -0.4 is 5.32 Å². The van der Waals surface area contributed by atoms with Crippen LogP contribution in [0.4, 0.5) is 0 Å². The lowest BCUT2D eigenvalue weighted by atomic mass is 10.1. The lowest BCUT2D eigenvalue weighted by molar-refractivity contribution is 0.203. The molecule has 2 bridgehead atoms. The van der Waals surface area contributed by atoms with E-state index >= 15 is 0 Å². The number of hydrogen-bond donors (Lipinski definition) is 1. The fourth-order valence-corrected chi connectivity index (χ4v) is 2.88. The van der Waals surface area contributed by atoms with Crippen molar-refractivity contribution >= 4 is 0 Å². The Labute approximate surface area is 86.1 Å². The van der Waals surface area contributed by atoms with Gasteiger partial charge < -0.3 is 5.32 Å². The molecule has 0 amide bonds. The van der Waals surface area contributed by atoms with E-state index in [0.717, 1.165) is 25.0 Å². The molecule has 2 fully saturated rings. The van der Waals surface area contributed by atoms with Gasteiger partial charge in [-0.05, 0) is 31.7 Å². The third-order valence-corrected chi connectivity index (χ3v) is 3.55. The molecule has 1 aliphatic carbocycles. The lowest BCUT2D eigenvalue weighted by Gasteiger charge is -2.28. The molecule has 0 spiro atoms. The SMILES string of the molecule is CCNC(C#N)CN1CC2CCC1C2. The Morgan fingerprint density at radius 3 is 2.93 bits per heavy atom. The van der Waals surface area contributed by atoms with Crippen molar-refractivity contribution in [2.75, 3.05) is 19.6 Å². The average molecular weight is 193 g/mol. The zero-order valence-electron chi connectivity index (χ0n) is 8.87. The Morgan fingerprint density at radius 2 is 2.43 bits per heavy atom. The fourth-order valence-electron chi connectivity index (χ4n) is 2.88. The molecule has 3 heteroatoms. The molecule has 1 aliphatic heterocycles. The molecule has 2 aliphatic rings. The molecule has 0 aromatic carbocycles. The average Bonchev–Trinajstić information content (AvgIpc) is 2.78. The predicted octanol–water partition coefficient (Wildman–Crippen LogP) is 0.972. The van der Waals surface area contributed by atoms with Crippen LogP contribution in [0.3, 0.4) is 0 Å².